The molecule has 1 aromatic heterocycles. The van der Waals surface area contributed by atoms with Crippen molar-refractivity contribution in [3.05, 3.63) is 48.3 Å². The molecule has 2 rings (SSSR count). The third-order valence-electron chi connectivity index (χ3n) is 3.98. The third-order valence-corrected chi connectivity index (χ3v) is 3.98. The van der Waals surface area contributed by atoms with Crippen molar-refractivity contribution < 1.29 is 9.53 Å². The first kappa shape index (κ1) is 18.8. The summed E-state index contributed by atoms with van der Waals surface area (Å²) >= 11 is 0. The molecule has 2 aromatic rings. The maximum Gasteiger partial charge on any atom is 0.315 e. The van der Waals surface area contributed by atoms with Gasteiger partial charge in [-0.1, -0.05) is 12.1 Å². The molecule has 25 heavy (non-hydrogen) atoms. The quantitative estimate of drug-likeness (QED) is 0.766. The number of carbonyl (C=O) groups excluding carboxylic acids is 1. The van der Waals surface area contributed by atoms with Gasteiger partial charge in [0, 0.05) is 25.0 Å². The van der Waals surface area contributed by atoms with E-state index in [9.17, 15) is 4.79 Å². The predicted molar refractivity (Wildman–Crippen MR) is 97.6 cm³/mol. The summed E-state index contributed by atoms with van der Waals surface area (Å²) in [6, 6.07) is 9.64. The minimum Gasteiger partial charge on any atom is -0.497 e. The molecule has 0 spiro atoms. The van der Waals surface area contributed by atoms with Crippen LogP contribution < -0.4 is 15.4 Å². The molecule has 1 heterocycles. The summed E-state index contributed by atoms with van der Waals surface area (Å²) in [5.74, 6) is 0.819. The fourth-order valence-electron chi connectivity index (χ4n) is 2.62. The molecule has 0 radical (unpaired) electrons. The second-order valence-corrected chi connectivity index (χ2v) is 6.24. The second kappa shape index (κ2) is 9.08. The van der Waals surface area contributed by atoms with E-state index in [1.54, 1.807) is 18.0 Å². The lowest BCUT2D eigenvalue weighted by Crippen LogP contribution is -2.45. The first-order valence-electron chi connectivity index (χ1n) is 8.31. The van der Waals surface area contributed by atoms with Gasteiger partial charge >= 0.3 is 6.03 Å². The lowest BCUT2D eigenvalue weighted by molar-refractivity contribution is 0.228. The number of hydrogen-bond donors (Lipinski definition) is 2. The van der Waals surface area contributed by atoms with E-state index in [4.69, 9.17) is 4.74 Å². The van der Waals surface area contributed by atoms with Crippen LogP contribution in [0.1, 0.15) is 18.5 Å². The summed E-state index contributed by atoms with van der Waals surface area (Å²) in [6.07, 6.45) is 3.60. The van der Waals surface area contributed by atoms with Gasteiger partial charge in [0.15, 0.2) is 0 Å². The lowest BCUT2D eigenvalue weighted by atomic mass is 10.1. The van der Waals surface area contributed by atoms with Gasteiger partial charge in [-0.15, -0.1) is 0 Å². The van der Waals surface area contributed by atoms with Crippen LogP contribution in [0.4, 0.5) is 4.79 Å². The molecule has 0 aliphatic carbocycles. The van der Waals surface area contributed by atoms with Crippen LogP contribution in [0.15, 0.2) is 42.7 Å². The van der Waals surface area contributed by atoms with E-state index < -0.39 is 0 Å². The number of nitrogens with zero attached hydrogens (tertiary/aromatic N) is 3. The van der Waals surface area contributed by atoms with Crippen molar-refractivity contribution in [2.45, 2.75) is 25.6 Å². The summed E-state index contributed by atoms with van der Waals surface area (Å²) in [5.41, 5.74) is 1.12. The van der Waals surface area contributed by atoms with Crippen molar-refractivity contribution in [1.29, 1.82) is 0 Å². The molecule has 0 aliphatic heterocycles. The Morgan fingerprint density at radius 3 is 2.60 bits per heavy atom. The highest BCUT2D eigenvalue weighted by Crippen LogP contribution is 2.20. The smallest absolute Gasteiger partial charge is 0.315 e. The first-order chi connectivity index (χ1) is 12.0. The topological polar surface area (TPSA) is 71.4 Å². The number of aromatic nitrogens is 2. The number of likely N-dealkylation sites (N-methyl/N-ethyl adjacent to an activating group) is 1. The highest BCUT2D eigenvalue weighted by molar-refractivity contribution is 5.74. The highest BCUT2D eigenvalue weighted by atomic mass is 16.5. The lowest BCUT2D eigenvalue weighted by Gasteiger charge is -2.25. The zero-order valence-electron chi connectivity index (χ0n) is 15.3. The van der Waals surface area contributed by atoms with E-state index in [0.717, 1.165) is 11.3 Å². The van der Waals surface area contributed by atoms with E-state index in [2.05, 4.69) is 20.6 Å². The van der Waals surface area contributed by atoms with E-state index in [1.165, 1.54) is 0 Å². The van der Waals surface area contributed by atoms with Crippen LogP contribution in [0.3, 0.4) is 0 Å². The number of hydrogen-bond acceptors (Lipinski definition) is 4. The second-order valence-electron chi connectivity index (χ2n) is 6.24. The number of ether oxygens (including phenoxy) is 1. The number of carbonyl (C=O) groups is 1. The summed E-state index contributed by atoms with van der Waals surface area (Å²) < 4.78 is 6.99. The van der Waals surface area contributed by atoms with Crippen molar-refractivity contribution in [3.8, 4) is 5.75 Å². The maximum atomic E-state index is 12.2. The van der Waals surface area contributed by atoms with Crippen molar-refractivity contribution in [2.75, 3.05) is 27.7 Å². The van der Waals surface area contributed by atoms with Crippen molar-refractivity contribution >= 4 is 6.03 Å². The molecule has 0 unspecified atom stereocenters. The molecule has 0 aliphatic rings. The number of benzene rings is 1. The predicted octanol–water partition coefficient (Wildman–Crippen LogP) is 1.88. The van der Waals surface area contributed by atoms with Crippen LogP contribution in [0, 0.1) is 0 Å². The van der Waals surface area contributed by atoms with Gasteiger partial charge in [-0.3, -0.25) is 4.68 Å². The molecular weight excluding hydrogens is 318 g/mol. The normalized spacial score (nSPS) is 13.3. The van der Waals surface area contributed by atoms with Gasteiger partial charge in [0.05, 0.1) is 19.7 Å². The Balaban J connectivity index is 1.86. The summed E-state index contributed by atoms with van der Waals surface area (Å²) in [5, 5.41) is 10.0. The Labute approximate surface area is 149 Å². The number of methoxy groups -OCH3 is 1. The molecule has 136 valence electrons. The number of urea groups is 1. The fraction of sp³-hybridized carbons (Fsp3) is 0.444. The van der Waals surface area contributed by atoms with Gasteiger partial charge in [0.1, 0.15) is 5.75 Å². The zero-order valence-corrected chi connectivity index (χ0v) is 15.3. The van der Waals surface area contributed by atoms with Gasteiger partial charge < -0.3 is 20.3 Å². The molecule has 7 heteroatoms. The summed E-state index contributed by atoms with van der Waals surface area (Å²) in [4.78, 5) is 14.2. The highest BCUT2D eigenvalue weighted by Gasteiger charge is 2.16. The first-order valence-corrected chi connectivity index (χ1v) is 8.31. The van der Waals surface area contributed by atoms with E-state index >= 15 is 0 Å². The molecule has 2 amide bonds. The number of amides is 2. The van der Waals surface area contributed by atoms with Crippen molar-refractivity contribution in [1.82, 2.24) is 25.3 Å². The van der Waals surface area contributed by atoms with Crippen LogP contribution in [0.25, 0.3) is 0 Å². The Morgan fingerprint density at radius 2 is 2.04 bits per heavy atom. The van der Waals surface area contributed by atoms with Crippen LogP contribution in [-0.4, -0.2) is 54.5 Å². The Hall–Kier alpha value is -2.54. The Kier molecular flexibility index (Phi) is 6.82. The van der Waals surface area contributed by atoms with Crippen LogP contribution >= 0.6 is 0 Å². The minimum atomic E-state index is -0.181. The van der Waals surface area contributed by atoms with E-state index in [-0.39, 0.29) is 18.1 Å². The van der Waals surface area contributed by atoms with Crippen LogP contribution in [0.5, 0.6) is 5.75 Å². The summed E-state index contributed by atoms with van der Waals surface area (Å²) in [7, 11) is 5.64. The van der Waals surface area contributed by atoms with Crippen molar-refractivity contribution in [3.63, 3.8) is 0 Å². The SMILES string of the molecule is COc1ccc([C@@H](CNC(=O)N[C@@H](C)Cn2cccn2)N(C)C)cc1. The van der Waals surface area contributed by atoms with Crippen molar-refractivity contribution in [2.24, 2.45) is 0 Å². The molecule has 0 saturated heterocycles. The standard InChI is InChI=1S/C18H27N5O2/c1-14(13-23-11-5-10-20-23)21-18(24)19-12-17(22(2)3)15-6-8-16(25-4)9-7-15/h5-11,14,17H,12-13H2,1-4H3,(H2,19,21,24)/t14-,17+/m0/s1. The Morgan fingerprint density at radius 1 is 1.32 bits per heavy atom. The van der Waals surface area contributed by atoms with Gasteiger partial charge in [0.25, 0.3) is 0 Å². The largest absolute Gasteiger partial charge is 0.497 e. The van der Waals surface area contributed by atoms with E-state index in [1.807, 2.05) is 57.5 Å². The molecule has 0 saturated carbocycles. The molecule has 2 atom stereocenters. The molecule has 1 aromatic carbocycles. The maximum absolute atomic E-state index is 12.2. The average molecular weight is 345 g/mol. The third kappa shape index (κ3) is 5.79. The molecule has 0 bridgehead atoms. The monoisotopic (exact) mass is 345 g/mol. The molecular formula is C18H27N5O2. The average Bonchev–Trinajstić information content (AvgIpc) is 3.08. The summed E-state index contributed by atoms with van der Waals surface area (Å²) in [6.45, 7) is 3.10. The number of nitrogens with one attached hydrogen (secondary N) is 2. The van der Waals surface area contributed by atoms with Gasteiger partial charge in [-0.05, 0) is 44.8 Å². The fourth-order valence-corrected chi connectivity index (χ4v) is 2.62. The molecule has 2 N–H and O–H groups in total. The zero-order chi connectivity index (χ0) is 18.2. The van der Waals surface area contributed by atoms with Gasteiger partial charge in [-0.25, -0.2) is 4.79 Å². The molecule has 0 fully saturated rings. The van der Waals surface area contributed by atoms with Gasteiger partial charge in [-0.2, -0.15) is 5.10 Å². The minimum absolute atomic E-state index is 0.0151. The van der Waals surface area contributed by atoms with Gasteiger partial charge in [0.2, 0.25) is 0 Å². The van der Waals surface area contributed by atoms with Crippen LogP contribution in [-0.2, 0) is 6.54 Å². The van der Waals surface area contributed by atoms with E-state index in [0.29, 0.717) is 13.1 Å². The van der Waals surface area contributed by atoms with Crippen LogP contribution in [0.2, 0.25) is 0 Å². The number of rotatable bonds is 8. The Bertz CT molecular complexity index is 640. The molecule has 7 nitrogen and oxygen atoms in total.